The smallest absolute Gasteiger partial charge is 0.341 e. The van der Waals surface area contributed by atoms with E-state index in [1.54, 1.807) is 0 Å². The number of ether oxygens (including phenoxy) is 1. The van der Waals surface area contributed by atoms with Crippen LogP contribution in [0.15, 0.2) is 12.2 Å². The van der Waals surface area contributed by atoms with Gasteiger partial charge in [0.15, 0.2) is 0 Å². The van der Waals surface area contributed by atoms with Crippen molar-refractivity contribution in [3.8, 4) is 0 Å². The van der Waals surface area contributed by atoms with Crippen LogP contribution in [-0.2, 0) is 27.2 Å². The van der Waals surface area contributed by atoms with E-state index in [0.717, 1.165) is 29.7 Å². The van der Waals surface area contributed by atoms with Crippen LogP contribution >= 0.6 is 11.3 Å². The molecule has 5 atom stereocenters. The van der Waals surface area contributed by atoms with Crippen LogP contribution in [0.1, 0.15) is 54.4 Å². The second-order valence-corrected chi connectivity index (χ2v) is 10.9. The summed E-state index contributed by atoms with van der Waals surface area (Å²) in [5.41, 5.74) is 1.59. The monoisotopic (exact) mass is 431 g/mol. The quantitative estimate of drug-likeness (QED) is 0.552. The highest BCUT2D eigenvalue weighted by Gasteiger charge is 2.52. The molecule has 0 aromatic carbocycles. The standard InChI is InChI=1S/C23H29NO5S/c1-23(2,3)13-7-8-14-15(10-13)30-20(18(14)22(28)29-4)24-19(25)16-11-5-6-12(9-11)17(16)21(26)27/h5-6,11-13,16-17H,7-10H2,1-4H3,(H,24,25)(H,26,27). The Morgan fingerprint density at radius 1 is 1.17 bits per heavy atom. The normalized spacial score (nSPS) is 29.5. The topological polar surface area (TPSA) is 92.7 Å². The van der Waals surface area contributed by atoms with E-state index in [4.69, 9.17) is 4.74 Å². The van der Waals surface area contributed by atoms with Gasteiger partial charge in [-0.2, -0.15) is 0 Å². The Balaban J connectivity index is 1.64. The molecule has 30 heavy (non-hydrogen) atoms. The molecule has 0 aliphatic heterocycles. The summed E-state index contributed by atoms with van der Waals surface area (Å²) in [5.74, 6) is -2.64. The van der Waals surface area contributed by atoms with Crippen molar-refractivity contribution in [2.24, 2.45) is 35.0 Å². The fourth-order valence-electron chi connectivity index (χ4n) is 5.44. The van der Waals surface area contributed by atoms with Crippen LogP contribution < -0.4 is 5.32 Å². The van der Waals surface area contributed by atoms with E-state index in [9.17, 15) is 19.5 Å². The van der Waals surface area contributed by atoms with Gasteiger partial charge in [-0.05, 0) is 54.4 Å². The number of nitrogens with one attached hydrogen (secondary N) is 1. The predicted molar refractivity (Wildman–Crippen MR) is 115 cm³/mol. The van der Waals surface area contributed by atoms with E-state index in [-0.39, 0.29) is 23.2 Å². The Morgan fingerprint density at radius 3 is 2.43 bits per heavy atom. The first-order valence-corrected chi connectivity index (χ1v) is 11.4. The second kappa shape index (κ2) is 7.52. The van der Waals surface area contributed by atoms with Gasteiger partial charge in [-0.25, -0.2) is 4.79 Å². The molecule has 0 radical (unpaired) electrons. The van der Waals surface area contributed by atoms with Gasteiger partial charge in [0.05, 0.1) is 24.5 Å². The second-order valence-electron chi connectivity index (χ2n) is 9.83. The summed E-state index contributed by atoms with van der Waals surface area (Å²) in [7, 11) is 1.35. The number of allylic oxidation sites excluding steroid dienone is 2. The van der Waals surface area contributed by atoms with Gasteiger partial charge in [0.2, 0.25) is 5.91 Å². The maximum absolute atomic E-state index is 13.2. The number of thiophene rings is 1. The molecular weight excluding hydrogens is 402 g/mol. The van der Waals surface area contributed by atoms with Crippen molar-refractivity contribution in [1.29, 1.82) is 0 Å². The van der Waals surface area contributed by atoms with Crippen molar-refractivity contribution in [3.05, 3.63) is 28.2 Å². The molecule has 1 aromatic heterocycles. The van der Waals surface area contributed by atoms with Gasteiger partial charge in [0, 0.05) is 4.88 Å². The zero-order valence-electron chi connectivity index (χ0n) is 17.9. The van der Waals surface area contributed by atoms with Crippen LogP contribution in [0.2, 0.25) is 0 Å². The Labute approximate surface area is 180 Å². The summed E-state index contributed by atoms with van der Waals surface area (Å²) in [6.45, 7) is 6.69. The van der Waals surface area contributed by atoms with E-state index < -0.39 is 23.8 Å². The van der Waals surface area contributed by atoms with Gasteiger partial charge in [-0.3, -0.25) is 9.59 Å². The summed E-state index contributed by atoms with van der Waals surface area (Å²) in [4.78, 5) is 38.7. The first-order chi connectivity index (χ1) is 14.1. The van der Waals surface area contributed by atoms with Crippen molar-refractivity contribution in [2.75, 3.05) is 12.4 Å². The van der Waals surface area contributed by atoms with Crippen molar-refractivity contribution >= 4 is 34.2 Å². The Morgan fingerprint density at radius 2 is 1.83 bits per heavy atom. The average Bonchev–Trinajstić information content (AvgIpc) is 3.38. The molecule has 3 aliphatic rings. The van der Waals surface area contributed by atoms with Gasteiger partial charge in [-0.1, -0.05) is 32.9 Å². The fraction of sp³-hybridized carbons (Fsp3) is 0.609. The van der Waals surface area contributed by atoms with Gasteiger partial charge in [0.1, 0.15) is 5.00 Å². The lowest BCUT2D eigenvalue weighted by Gasteiger charge is -2.33. The molecule has 7 heteroatoms. The van der Waals surface area contributed by atoms with E-state index in [1.807, 2.05) is 12.2 Å². The highest BCUT2D eigenvalue weighted by atomic mass is 32.1. The molecule has 0 spiro atoms. The zero-order chi connectivity index (χ0) is 21.8. The van der Waals surface area contributed by atoms with Gasteiger partial charge in [-0.15, -0.1) is 11.3 Å². The van der Waals surface area contributed by atoms with E-state index >= 15 is 0 Å². The minimum atomic E-state index is -0.932. The van der Waals surface area contributed by atoms with Crippen LogP contribution in [0, 0.1) is 35.0 Å². The third-order valence-electron chi connectivity index (χ3n) is 7.16. The SMILES string of the molecule is COC(=O)c1c(NC(=O)C2C3C=CC(C3)C2C(=O)O)sc2c1CCC(C(C)(C)C)C2. The molecule has 1 saturated carbocycles. The lowest BCUT2D eigenvalue weighted by Crippen LogP contribution is -2.36. The first kappa shape index (κ1) is 21.1. The van der Waals surface area contributed by atoms with E-state index in [2.05, 4.69) is 26.1 Å². The number of carboxylic acids is 1. The molecule has 162 valence electrons. The summed E-state index contributed by atoms with van der Waals surface area (Å²) < 4.78 is 5.02. The molecule has 0 saturated heterocycles. The average molecular weight is 432 g/mol. The van der Waals surface area contributed by atoms with Crippen LogP contribution in [0.4, 0.5) is 5.00 Å². The molecule has 6 nitrogen and oxygen atoms in total. The maximum Gasteiger partial charge on any atom is 0.341 e. The molecule has 1 fully saturated rings. The lowest BCUT2D eigenvalue weighted by molar-refractivity contribution is -0.146. The fourth-order valence-corrected chi connectivity index (χ4v) is 6.76. The molecule has 1 heterocycles. The number of esters is 1. The number of methoxy groups -OCH3 is 1. The number of hydrogen-bond acceptors (Lipinski definition) is 5. The number of hydrogen-bond donors (Lipinski definition) is 2. The number of amides is 1. The molecule has 1 amide bonds. The molecule has 3 aliphatic carbocycles. The van der Waals surface area contributed by atoms with Crippen LogP contribution in [-0.4, -0.2) is 30.1 Å². The molecule has 4 rings (SSSR count). The van der Waals surface area contributed by atoms with Gasteiger partial charge >= 0.3 is 11.9 Å². The number of carbonyl (C=O) groups is 3. The van der Waals surface area contributed by atoms with Crippen LogP contribution in [0.3, 0.4) is 0 Å². The number of carbonyl (C=O) groups excluding carboxylic acids is 2. The molecule has 5 unspecified atom stereocenters. The van der Waals surface area contributed by atoms with Crippen molar-refractivity contribution in [3.63, 3.8) is 0 Å². The third-order valence-corrected chi connectivity index (χ3v) is 8.33. The Bertz CT molecular complexity index is 925. The molecular formula is C23H29NO5S. The number of fused-ring (bicyclic) bond motifs is 3. The minimum Gasteiger partial charge on any atom is -0.481 e. The van der Waals surface area contributed by atoms with Crippen LogP contribution in [0.5, 0.6) is 0 Å². The predicted octanol–water partition coefficient (Wildman–Crippen LogP) is 4.15. The minimum absolute atomic E-state index is 0.0578. The van der Waals surface area contributed by atoms with Crippen LogP contribution in [0.25, 0.3) is 0 Å². The molecule has 1 aromatic rings. The number of aliphatic carboxylic acids is 1. The molecule has 2 bridgehead atoms. The third kappa shape index (κ3) is 3.47. The van der Waals surface area contributed by atoms with Gasteiger partial charge in [0.25, 0.3) is 0 Å². The summed E-state index contributed by atoms with van der Waals surface area (Å²) in [6.07, 6.45) is 7.23. The van der Waals surface area contributed by atoms with Crippen molar-refractivity contribution in [2.45, 2.75) is 46.5 Å². The summed E-state index contributed by atoms with van der Waals surface area (Å²) >= 11 is 1.44. The van der Waals surface area contributed by atoms with Crippen molar-refractivity contribution in [1.82, 2.24) is 0 Å². The maximum atomic E-state index is 13.2. The highest BCUT2D eigenvalue weighted by Crippen LogP contribution is 2.49. The number of rotatable bonds is 4. The summed E-state index contributed by atoms with van der Waals surface area (Å²) in [6, 6.07) is 0. The van der Waals surface area contributed by atoms with Gasteiger partial charge < -0.3 is 15.2 Å². The number of carboxylic acid groups (broad SMARTS) is 1. The Hall–Kier alpha value is -2.15. The number of anilines is 1. The van der Waals surface area contributed by atoms with Crippen molar-refractivity contribution < 1.29 is 24.2 Å². The Kier molecular flexibility index (Phi) is 5.29. The van der Waals surface area contributed by atoms with E-state index in [1.165, 1.54) is 18.4 Å². The highest BCUT2D eigenvalue weighted by molar-refractivity contribution is 7.17. The summed E-state index contributed by atoms with van der Waals surface area (Å²) in [5, 5.41) is 13.1. The first-order valence-electron chi connectivity index (χ1n) is 10.6. The molecule has 2 N–H and O–H groups in total. The largest absolute Gasteiger partial charge is 0.481 e. The zero-order valence-corrected chi connectivity index (χ0v) is 18.7. The lowest BCUT2D eigenvalue weighted by atomic mass is 9.72. The van der Waals surface area contributed by atoms with E-state index in [0.29, 0.717) is 22.9 Å².